The number of hydrogen-bond donors (Lipinski definition) is 1. The molecule has 1 aliphatic rings. The summed E-state index contributed by atoms with van der Waals surface area (Å²) in [7, 11) is 0. The standard InChI is InChI=1S/C18H18N6OS/c1-11-20-16-13-5-3-4-6-14(13)21-17(24(16)23-11)26-9-15(25)22-18(2,10-19)12-7-8-12/h3-6,12H,7-9H2,1-2H3,(H,22,25)/t18-/m0/s1. The van der Waals surface area contributed by atoms with Crippen LogP contribution in [-0.4, -0.2) is 36.8 Å². The minimum atomic E-state index is -0.784. The maximum Gasteiger partial charge on any atom is 0.231 e. The number of nitrogens with one attached hydrogen (secondary N) is 1. The first-order valence-electron chi connectivity index (χ1n) is 8.47. The molecule has 4 rings (SSSR count). The molecule has 0 spiro atoms. The molecule has 1 amide bonds. The maximum atomic E-state index is 12.4. The number of nitrogens with zero attached hydrogens (tertiary/aromatic N) is 5. The van der Waals surface area contributed by atoms with Crippen LogP contribution in [0.25, 0.3) is 16.6 Å². The molecule has 1 aromatic carbocycles. The van der Waals surface area contributed by atoms with Gasteiger partial charge in [-0.25, -0.2) is 9.97 Å². The number of rotatable bonds is 5. The van der Waals surface area contributed by atoms with Crippen LogP contribution in [0.2, 0.25) is 0 Å². The predicted molar refractivity (Wildman–Crippen MR) is 98.6 cm³/mol. The van der Waals surface area contributed by atoms with Crippen molar-refractivity contribution in [2.45, 2.75) is 37.4 Å². The summed E-state index contributed by atoms with van der Waals surface area (Å²) in [6.45, 7) is 3.62. The van der Waals surface area contributed by atoms with Crippen molar-refractivity contribution < 1.29 is 4.79 Å². The van der Waals surface area contributed by atoms with Crippen molar-refractivity contribution in [3.8, 4) is 6.07 Å². The maximum absolute atomic E-state index is 12.4. The first-order chi connectivity index (χ1) is 12.5. The Morgan fingerprint density at radius 3 is 2.92 bits per heavy atom. The van der Waals surface area contributed by atoms with Crippen molar-refractivity contribution in [1.82, 2.24) is 24.9 Å². The van der Waals surface area contributed by atoms with E-state index < -0.39 is 5.54 Å². The number of aryl methyl sites for hydroxylation is 1. The lowest BCUT2D eigenvalue weighted by Crippen LogP contribution is -2.47. The molecule has 2 aromatic heterocycles. The molecule has 0 unspecified atom stereocenters. The lowest BCUT2D eigenvalue weighted by atomic mass is 9.98. The Morgan fingerprint density at radius 1 is 1.42 bits per heavy atom. The Balaban J connectivity index is 1.58. The van der Waals surface area contributed by atoms with Gasteiger partial charge in [0.15, 0.2) is 10.8 Å². The van der Waals surface area contributed by atoms with Gasteiger partial charge in [0.1, 0.15) is 11.4 Å². The molecule has 132 valence electrons. The summed E-state index contributed by atoms with van der Waals surface area (Å²) in [5.41, 5.74) is 0.763. The number of hydrogen-bond acceptors (Lipinski definition) is 6. The molecule has 7 nitrogen and oxygen atoms in total. The largest absolute Gasteiger partial charge is 0.337 e. The summed E-state index contributed by atoms with van der Waals surface area (Å²) >= 11 is 1.30. The van der Waals surface area contributed by atoms with E-state index in [1.165, 1.54) is 11.8 Å². The van der Waals surface area contributed by atoms with Crippen LogP contribution >= 0.6 is 11.8 Å². The number of benzene rings is 1. The van der Waals surface area contributed by atoms with Crippen molar-refractivity contribution in [3.05, 3.63) is 30.1 Å². The van der Waals surface area contributed by atoms with Gasteiger partial charge in [-0.1, -0.05) is 23.9 Å². The van der Waals surface area contributed by atoms with Crippen LogP contribution in [0, 0.1) is 24.2 Å². The topological polar surface area (TPSA) is 96.0 Å². The average molecular weight is 366 g/mol. The number of nitriles is 1. The normalized spacial score (nSPS) is 16.3. The highest BCUT2D eigenvalue weighted by Gasteiger charge is 2.42. The second-order valence-electron chi connectivity index (χ2n) is 6.73. The first-order valence-corrected chi connectivity index (χ1v) is 9.46. The Hall–Kier alpha value is -2.66. The Morgan fingerprint density at radius 2 is 2.19 bits per heavy atom. The molecule has 1 atom stereocenters. The quantitative estimate of drug-likeness (QED) is 0.550. The van der Waals surface area contributed by atoms with Gasteiger partial charge in [-0.2, -0.15) is 9.78 Å². The molecule has 1 aliphatic carbocycles. The summed E-state index contributed by atoms with van der Waals surface area (Å²) < 4.78 is 1.68. The van der Waals surface area contributed by atoms with Gasteiger partial charge >= 0.3 is 0 Å². The zero-order valence-corrected chi connectivity index (χ0v) is 15.4. The lowest BCUT2D eigenvalue weighted by Gasteiger charge is -2.22. The zero-order valence-electron chi connectivity index (χ0n) is 14.6. The minimum Gasteiger partial charge on any atom is -0.337 e. The van der Waals surface area contributed by atoms with E-state index in [-0.39, 0.29) is 17.6 Å². The van der Waals surface area contributed by atoms with Crippen LogP contribution in [0.3, 0.4) is 0 Å². The molecule has 8 heteroatoms. The molecule has 3 aromatic rings. The molecule has 1 fully saturated rings. The highest BCUT2D eigenvalue weighted by molar-refractivity contribution is 7.99. The van der Waals surface area contributed by atoms with Crippen molar-refractivity contribution in [2.75, 3.05) is 5.75 Å². The fourth-order valence-electron chi connectivity index (χ4n) is 3.06. The van der Waals surface area contributed by atoms with Gasteiger partial charge in [-0.3, -0.25) is 4.79 Å². The third-order valence-electron chi connectivity index (χ3n) is 4.61. The summed E-state index contributed by atoms with van der Waals surface area (Å²) in [4.78, 5) is 21.5. The van der Waals surface area contributed by atoms with E-state index in [0.29, 0.717) is 11.0 Å². The van der Waals surface area contributed by atoms with Crippen LogP contribution < -0.4 is 5.32 Å². The average Bonchev–Trinajstić information content (AvgIpc) is 3.41. The second-order valence-corrected chi connectivity index (χ2v) is 7.67. The molecule has 0 saturated heterocycles. The van der Waals surface area contributed by atoms with Crippen LogP contribution in [0.5, 0.6) is 0 Å². The second kappa shape index (κ2) is 6.25. The summed E-state index contributed by atoms with van der Waals surface area (Å²) in [5.74, 6) is 0.902. The molecule has 0 radical (unpaired) electrons. The highest BCUT2D eigenvalue weighted by atomic mass is 32.2. The molecule has 1 saturated carbocycles. The Kier molecular flexibility index (Phi) is 4.04. The van der Waals surface area contributed by atoms with Gasteiger partial charge in [0, 0.05) is 5.39 Å². The monoisotopic (exact) mass is 366 g/mol. The van der Waals surface area contributed by atoms with Gasteiger partial charge in [0.2, 0.25) is 5.91 Å². The van der Waals surface area contributed by atoms with E-state index in [1.54, 1.807) is 11.4 Å². The molecular formula is C18H18N6OS. The van der Waals surface area contributed by atoms with E-state index in [4.69, 9.17) is 0 Å². The summed E-state index contributed by atoms with van der Waals surface area (Å²) in [5, 5.41) is 18.2. The van der Waals surface area contributed by atoms with E-state index in [1.807, 2.05) is 31.2 Å². The number of carbonyl (C=O) groups is 1. The molecule has 2 heterocycles. The number of fused-ring (bicyclic) bond motifs is 3. The molecule has 0 aliphatic heterocycles. The lowest BCUT2D eigenvalue weighted by molar-refractivity contribution is -0.119. The molecule has 26 heavy (non-hydrogen) atoms. The summed E-state index contributed by atoms with van der Waals surface area (Å²) in [6, 6.07) is 9.98. The SMILES string of the molecule is Cc1nc2c3ccccc3nc(SCC(=O)N[C@@](C)(C#N)C3CC3)n2n1. The Labute approximate surface area is 154 Å². The highest BCUT2D eigenvalue weighted by Crippen LogP contribution is 2.39. The minimum absolute atomic E-state index is 0.170. The van der Waals surface area contributed by atoms with Crippen molar-refractivity contribution >= 4 is 34.2 Å². The Bertz CT molecular complexity index is 1050. The van der Waals surface area contributed by atoms with E-state index in [2.05, 4.69) is 26.5 Å². The number of carbonyl (C=O) groups excluding carboxylic acids is 1. The molecular weight excluding hydrogens is 348 g/mol. The van der Waals surface area contributed by atoms with Crippen molar-refractivity contribution in [1.29, 1.82) is 5.26 Å². The predicted octanol–water partition coefficient (Wildman–Crippen LogP) is 2.49. The van der Waals surface area contributed by atoms with Crippen LogP contribution in [0.4, 0.5) is 0 Å². The van der Waals surface area contributed by atoms with E-state index in [0.717, 1.165) is 29.4 Å². The van der Waals surface area contributed by atoms with Crippen LogP contribution in [0.15, 0.2) is 29.4 Å². The van der Waals surface area contributed by atoms with Crippen LogP contribution in [0.1, 0.15) is 25.6 Å². The van der Waals surface area contributed by atoms with Gasteiger partial charge in [-0.15, -0.1) is 5.10 Å². The first kappa shape index (κ1) is 16.8. The molecule has 0 bridgehead atoms. The fraction of sp³-hybridized carbons (Fsp3) is 0.389. The third-order valence-corrected chi connectivity index (χ3v) is 5.54. The number of aromatic nitrogens is 4. The third kappa shape index (κ3) is 2.99. The molecule has 1 N–H and O–H groups in total. The van der Waals surface area contributed by atoms with Gasteiger partial charge in [-0.05, 0) is 44.7 Å². The summed E-state index contributed by atoms with van der Waals surface area (Å²) in [6.07, 6.45) is 1.98. The number of para-hydroxylation sites is 1. The number of thioether (sulfide) groups is 1. The van der Waals surface area contributed by atoms with Gasteiger partial charge in [0.05, 0.1) is 17.3 Å². The van der Waals surface area contributed by atoms with Gasteiger partial charge < -0.3 is 5.32 Å². The zero-order chi connectivity index (χ0) is 18.3. The van der Waals surface area contributed by atoms with E-state index >= 15 is 0 Å². The van der Waals surface area contributed by atoms with Gasteiger partial charge in [0.25, 0.3) is 0 Å². The smallest absolute Gasteiger partial charge is 0.231 e. The van der Waals surface area contributed by atoms with E-state index in [9.17, 15) is 10.1 Å². The fourth-order valence-corrected chi connectivity index (χ4v) is 3.81. The van der Waals surface area contributed by atoms with Crippen molar-refractivity contribution in [2.24, 2.45) is 5.92 Å². The van der Waals surface area contributed by atoms with Crippen molar-refractivity contribution in [3.63, 3.8) is 0 Å². The number of amides is 1. The van der Waals surface area contributed by atoms with Crippen LogP contribution in [-0.2, 0) is 4.79 Å².